The number of anilines is 1. The lowest BCUT2D eigenvalue weighted by Crippen LogP contribution is -2.49. The van der Waals surface area contributed by atoms with E-state index in [9.17, 15) is 4.79 Å². The van der Waals surface area contributed by atoms with Crippen molar-refractivity contribution < 1.29 is 4.79 Å². The van der Waals surface area contributed by atoms with Crippen LogP contribution in [0.4, 0.5) is 5.69 Å². The van der Waals surface area contributed by atoms with Crippen LogP contribution in [0.3, 0.4) is 0 Å². The molecule has 0 unspecified atom stereocenters. The Morgan fingerprint density at radius 1 is 1.09 bits per heavy atom. The lowest BCUT2D eigenvalue weighted by atomic mass is 9.89. The van der Waals surface area contributed by atoms with E-state index in [0.717, 1.165) is 32.1 Å². The molecule has 3 rings (SSSR count). The van der Waals surface area contributed by atoms with Gasteiger partial charge >= 0.3 is 0 Å². The molecule has 120 valence electrons. The predicted octanol–water partition coefficient (Wildman–Crippen LogP) is 2.61. The molecule has 1 amide bonds. The molecule has 22 heavy (non-hydrogen) atoms. The molecule has 1 heterocycles. The summed E-state index contributed by atoms with van der Waals surface area (Å²) in [5.41, 5.74) is 7.14. The summed E-state index contributed by atoms with van der Waals surface area (Å²) in [5, 5.41) is 0. The van der Waals surface area contributed by atoms with E-state index in [0.29, 0.717) is 11.3 Å². The van der Waals surface area contributed by atoms with Crippen LogP contribution in [0.2, 0.25) is 0 Å². The largest absolute Gasteiger partial charge is 0.399 e. The maximum atomic E-state index is 12.5. The Labute approximate surface area is 133 Å². The van der Waals surface area contributed by atoms with E-state index in [4.69, 9.17) is 5.73 Å². The van der Waals surface area contributed by atoms with Gasteiger partial charge in [0.25, 0.3) is 5.91 Å². The lowest BCUT2D eigenvalue weighted by Gasteiger charge is -2.37. The smallest absolute Gasteiger partial charge is 0.254 e. The van der Waals surface area contributed by atoms with Crippen molar-refractivity contribution in [1.82, 2.24) is 9.80 Å². The van der Waals surface area contributed by atoms with Crippen LogP contribution < -0.4 is 5.73 Å². The van der Waals surface area contributed by atoms with E-state index in [2.05, 4.69) is 4.90 Å². The van der Waals surface area contributed by atoms with E-state index in [-0.39, 0.29) is 5.91 Å². The highest BCUT2D eigenvalue weighted by Crippen LogP contribution is 2.24. The molecule has 1 aliphatic heterocycles. The van der Waals surface area contributed by atoms with Gasteiger partial charge in [0.2, 0.25) is 0 Å². The number of rotatable bonds is 3. The molecule has 1 aromatic rings. The average molecular weight is 301 g/mol. The maximum Gasteiger partial charge on any atom is 0.254 e. The van der Waals surface area contributed by atoms with Gasteiger partial charge in [0, 0.05) is 44.0 Å². The second kappa shape index (κ2) is 7.14. The summed E-state index contributed by atoms with van der Waals surface area (Å²) in [7, 11) is 0. The van der Waals surface area contributed by atoms with Crippen LogP contribution in [-0.4, -0.2) is 48.4 Å². The van der Waals surface area contributed by atoms with Gasteiger partial charge < -0.3 is 10.6 Å². The zero-order chi connectivity index (χ0) is 15.4. The van der Waals surface area contributed by atoms with Crippen molar-refractivity contribution in [3.63, 3.8) is 0 Å². The highest BCUT2D eigenvalue weighted by atomic mass is 16.2. The molecule has 0 spiro atoms. The normalized spacial score (nSPS) is 21.0. The third kappa shape index (κ3) is 3.80. The van der Waals surface area contributed by atoms with Gasteiger partial charge in [0.15, 0.2) is 0 Å². The van der Waals surface area contributed by atoms with Crippen molar-refractivity contribution in [2.75, 3.05) is 38.5 Å². The number of carbonyl (C=O) groups is 1. The Morgan fingerprint density at radius 3 is 2.50 bits per heavy atom. The fourth-order valence-electron chi connectivity index (χ4n) is 3.72. The Kier molecular flexibility index (Phi) is 4.98. The van der Waals surface area contributed by atoms with Crippen molar-refractivity contribution in [3.05, 3.63) is 29.8 Å². The van der Waals surface area contributed by atoms with Crippen LogP contribution in [0.5, 0.6) is 0 Å². The minimum Gasteiger partial charge on any atom is -0.399 e. The number of piperazine rings is 1. The summed E-state index contributed by atoms with van der Waals surface area (Å²) in [4.78, 5) is 17.0. The molecule has 0 bridgehead atoms. The number of benzene rings is 1. The van der Waals surface area contributed by atoms with Gasteiger partial charge in [0.05, 0.1) is 0 Å². The zero-order valence-electron chi connectivity index (χ0n) is 13.3. The Morgan fingerprint density at radius 2 is 1.82 bits per heavy atom. The van der Waals surface area contributed by atoms with E-state index in [1.54, 1.807) is 6.07 Å². The van der Waals surface area contributed by atoms with Crippen LogP contribution in [0.15, 0.2) is 24.3 Å². The van der Waals surface area contributed by atoms with E-state index in [1.165, 1.54) is 38.6 Å². The number of nitrogens with zero attached hydrogens (tertiary/aromatic N) is 2. The number of hydrogen-bond acceptors (Lipinski definition) is 3. The summed E-state index contributed by atoms with van der Waals surface area (Å²) in [6, 6.07) is 7.30. The SMILES string of the molecule is Nc1cccc(C(=O)N2CCN(CC3CCCCC3)CC2)c1. The molecule has 2 fully saturated rings. The Hall–Kier alpha value is -1.55. The quantitative estimate of drug-likeness (QED) is 0.873. The van der Waals surface area contributed by atoms with Gasteiger partial charge in [-0.15, -0.1) is 0 Å². The van der Waals surface area contributed by atoms with Crippen molar-refractivity contribution in [3.8, 4) is 0 Å². The van der Waals surface area contributed by atoms with Gasteiger partial charge in [-0.2, -0.15) is 0 Å². The highest BCUT2D eigenvalue weighted by Gasteiger charge is 2.24. The topological polar surface area (TPSA) is 49.6 Å². The first-order valence-corrected chi connectivity index (χ1v) is 8.59. The molecule has 0 aromatic heterocycles. The molecule has 2 aliphatic rings. The van der Waals surface area contributed by atoms with Gasteiger partial charge in [-0.05, 0) is 37.0 Å². The first-order chi connectivity index (χ1) is 10.7. The van der Waals surface area contributed by atoms with Crippen LogP contribution in [0.1, 0.15) is 42.5 Å². The molecule has 2 N–H and O–H groups in total. The van der Waals surface area contributed by atoms with Crippen molar-refractivity contribution in [1.29, 1.82) is 0 Å². The molecule has 1 saturated carbocycles. The van der Waals surface area contributed by atoms with Crippen molar-refractivity contribution >= 4 is 11.6 Å². The summed E-state index contributed by atoms with van der Waals surface area (Å²) in [6.45, 7) is 4.90. The number of hydrogen-bond donors (Lipinski definition) is 1. The number of carbonyl (C=O) groups excluding carboxylic acids is 1. The van der Waals surface area contributed by atoms with Crippen LogP contribution in [-0.2, 0) is 0 Å². The average Bonchev–Trinajstić information content (AvgIpc) is 2.56. The second-order valence-corrected chi connectivity index (χ2v) is 6.72. The lowest BCUT2D eigenvalue weighted by molar-refractivity contribution is 0.0606. The summed E-state index contributed by atoms with van der Waals surface area (Å²) >= 11 is 0. The number of nitrogens with two attached hydrogens (primary N) is 1. The van der Waals surface area contributed by atoms with Crippen LogP contribution in [0.25, 0.3) is 0 Å². The van der Waals surface area contributed by atoms with Gasteiger partial charge in [-0.3, -0.25) is 9.69 Å². The summed E-state index contributed by atoms with van der Waals surface area (Å²) in [6.07, 6.45) is 7.00. The Balaban J connectivity index is 1.49. The number of amides is 1. The molecule has 1 aliphatic carbocycles. The minimum absolute atomic E-state index is 0.115. The van der Waals surface area contributed by atoms with E-state index >= 15 is 0 Å². The molecule has 0 atom stereocenters. The molecule has 4 heteroatoms. The molecular formula is C18H27N3O. The first-order valence-electron chi connectivity index (χ1n) is 8.59. The van der Waals surface area contributed by atoms with Gasteiger partial charge in [-0.25, -0.2) is 0 Å². The van der Waals surface area contributed by atoms with E-state index in [1.807, 2.05) is 23.1 Å². The molecule has 1 saturated heterocycles. The van der Waals surface area contributed by atoms with Crippen LogP contribution in [0, 0.1) is 5.92 Å². The molecular weight excluding hydrogens is 274 g/mol. The van der Waals surface area contributed by atoms with Gasteiger partial charge in [-0.1, -0.05) is 25.3 Å². The standard InChI is InChI=1S/C18H27N3O/c19-17-8-4-7-16(13-17)18(22)21-11-9-20(10-12-21)14-15-5-2-1-3-6-15/h4,7-8,13,15H,1-3,5-6,9-12,14,19H2. The van der Waals surface area contributed by atoms with E-state index < -0.39 is 0 Å². The zero-order valence-corrected chi connectivity index (χ0v) is 13.3. The number of nitrogen functional groups attached to an aromatic ring is 1. The van der Waals surface area contributed by atoms with Gasteiger partial charge in [0.1, 0.15) is 0 Å². The fraction of sp³-hybridized carbons (Fsp3) is 0.611. The minimum atomic E-state index is 0.115. The predicted molar refractivity (Wildman–Crippen MR) is 89.8 cm³/mol. The summed E-state index contributed by atoms with van der Waals surface area (Å²) < 4.78 is 0. The Bertz CT molecular complexity index is 503. The van der Waals surface area contributed by atoms with Crippen molar-refractivity contribution in [2.24, 2.45) is 5.92 Å². The van der Waals surface area contributed by atoms with Crippen molar-refractivity contribution in [2.45, 2.75) is 32.1 Å². The third-order valence-electron chi connectivity index (χ3n) is 5.03. The first kappa shape index (κ1) is 15.3. The fourth-order valence-corrected chi connectivity index (χ4v) is 3.72. The monoisotopic (exact) mass is 301 g/mol. The molecule has 4 nitrogen and oxygen atoms in total. The molecule has 0 radical (unpaired) electrons. The third-order valence-corrected chi connectivity index (χ3v) is 5.03. The second-order valence-electron chi connectivity index (χ2n) is 6.72. The molecule has 1 aromatic carbocycles. The summed E-state index contributed by atoms with van der Waals surface area (Å²) in [5.74, 6) is 0.995. The highest BCUT2D eigenvalue weighted by molar-refractivity contribution is 5.95. The maximum absolute atomic E-state index is 12.5. The van der Waals surface area contributed by atoms with Crippen LogP contribution >= 0.6 is 0 Å².